The first-order valence-electron chi connectivity index (χ1n) is 3.61. The summed E-state index contributed by atoms with van der Waals surface area (Å²) in [6, 6.07) is 0. The summed E-state index contributed by atoms with van der Waals surface area (Å²) in [5.41, 5.74) is 0. The minimum Gasteiger partial charge on any atom is -0.381 e. The molecule has 62 valence electrons. The number of unbranched alkanes of at least 4 members (excludes halogenated alkanes) is 1. The summed E-state index contributed by atoms with van der Waals surface area (Å²) < 4.78 is 5.33. The lowest BCUT2D eigenvalue weighted by Crippen LogP contribution is -1.97. The molecule has 0 heterocycles. The lowest BCUT2D eigenvalue weighted by Gasteiger charge is -2.00. The predicted molar refractivity (Wildman–Crippen MR) is 52.3 cm³/mol. The third-order valence-electron chi connectivity index (χ3n) is 1.09. The molecule has 0 rings (SSSR count). The lowest BCUT2D eigenvalue weighted by atomic mass is 10.4. The average Bonchev–Trinajstić information content (AvgIpc) is 1.97. The molecule has 10 heavy (non-hydrogen) atoms. The van der Waals surface area contributed by atoms with Gasteiger partial charge in [-0.05, 0) is 19.3 Å². The van der Waals surface area contributed by atoms with Crippen LogP contribution >= 0.6 is 31.9 Å². The lowest BCUT2D eigenvalue weighted by molar-refractivity contribution is 0.133. The van der Waals surface area contributed by atoms with Crippen LogP contribution in [0.2, 0.25) is 0 Å². The largest absolute Gasteiger partial charge is 0.381 e. The van der Waals surface area contributed by atoms with Crippen LogP contribution in [-0.2, 0) is 4.74 Å². The zero-order chi connectivity index (χ0) is 7.66. The molecule has 0 aliphatic rings. The predicted octanol–water partition coefficient (Wildman–Crippen LogP) is 2.96. The van der Waals surface area contributed by atoms with Crippen LogP contribution in [0.15, 0.2) is 0 Å². The van der Waals surface area contributed by atoms with E-state index in [4.69, 9.17) is 4.74 Å². The van der Waals surface area contributed by atoms with Crippen molar-refractivity contribution in [3.63, 3.8) is 0 Å². The Morgan fingerprint density at radius 2 is 1.40 bits per heavy atom. The third-order valence-corrected chi connectivity index (χ3v) is 2.22. The second kappa shape index (κ2) is 9.92. The van der Waals surface area contributed by atoms with Gasteiger partial charge in [-0.1, -0.05) is 31.9 Å². The molecule has 0 saturated heterocycles. The van der Waals surface area contributed by atoms with Gasteiger partial charge in [0, 0.05) is 23.9 Å². The summed E-state index contributed by atoms with van der Waals surface area (Å²) in [7, 11) is 0. The van der Waals surface area contributed by atoms with Crippen molar-refractivity contribution in [1.29, 1.82) is 0 Å². The molecule has 0 saturated carbocycles. The van der Waals surface area contributed by atoms with E-state index >= 15 is 0 Å². The molecule has 0 spiro atoms. The molecule has 0 atom stereocenters. The van der Waals surface area contributed by atoms with Gasteiger partial charge >= 0.3 is 0 Å². The van der Waals surface area contributed by atoms with Crippen molar-refractivity contribution in [3.8, 4) is 0 Å². The van der Waals surface area contributed by atoms with Crippen LogP contribution in [0.4, 0.5) is 0 Å². The van der Waals surface area contributed by atoms with Crippen molar-refractivity contribution in [3.05, 3.63) is 0 Å². The molecule has 0 aromatic carbocycles. The van der Waals surface area contributed by atoms with Gasteiger partial charge in [0.05, 0.1) is 0 Å². The highest BCUT2D eigenvalue weighted by Crippen LogP contribution is 1.95. The van der Waals surface area contributed by atoms with Crippen LogP contribution in [0.1, 0.15) is 19.3 Å². The van der Waals surface area contributed by atoms with Gasteiger partial charge in [-0.25, -0.2) is 0 Å². The summed E-state index contributed by atoms with van der Waals surface area (Å²) >= 11 is 6.71. The Labute approximate surface area is 79.8 Å². The van der Waals surface area contributed by atoms with Gasteiger partial charge in [-0.2, -0.15) is 0 Å². The second-order valence-electron chi connectivity index (χ2n) is 2.05. The first-order chi connectivity index (χ1) is 4.91. The summed E-state index contributed by atoms with van der Waals surface area (Å²) in [5, 5.41) is 2.14. The van der Waals surface area contributed by atoms with E-state index < -0.39 is 0 Å². The fourth-order valence-electron chi connectivity index (χ4n) is 0.557. The molecule has 0 fully saturated rings. The first-order valence-corrected chi connectivity index (χ1v) is 5.85. The van der Waals surface area contributed by atoms with Gasteiger partial charge in [0.15, 0.2) is 0 Å². The van der Waals surface area contributed by atoms with Gasteiger partial charge in [0.2, 0.25) is 0 Å². The summed E-state index contributed by atoms with van der Waals surface area (Å²) in [4.78, 5) is 0. The standard InChI is InChI=1S/C7H14Br2O/c8-4-1-2-6-10-7-3-5-9/h1-7H2. The number of alkyl halides is 2. The normalized spacial score (nSPS) is 10.2. The fourth-order valence-corrected chi connectivity index (χ4v) is 1.18. The van der Waals surface area contributed by atoms with Crippen molar-refractivity contribution < 1.29 is 4.74 Å². The highest BCUT2D eigenvalue weighted by Gasteiger charge is 1.87. The Morgan fingerprint density at radius 1 is 0.800 bits per heavy atom. The molecule has 0 radical (unpaired) electrons. The van der Waals surface area contributed by atoms with Crippen molar-refractivity contribution >= 4 is 31.9 Å². The molecule has 1 nitrogen and oxygen atoms in total. The molecular weight excluding hydrogens is 260 g/mol. The van der Waals surface area contributed by atoms with E-state index in [9.17, 15) is 0 Å². The summed E-state index contributed by atoms with van der Waals surface area (Å²) in [6.45, 7) is 1.81. The minimum atomic E-state index is 0.896. The van der Waals surface area contributed by atoms with Crippen molar-refractivity contribution in [2.45, 2.75) is 19.3 Å². The van der Waals surface area contributed by atoms with E-state index in [1.165, 1.54) is 12.8 Å². The Balaban J connectivity index is 2.65. The van der Waals surface area contributed by atoms with Gasteiger partial charge in [0.1, 0.15) is 0 Å². The van der Waals surface area contributed by atoms with Crippen molar-refractivity contribution in [2.75, 3.05) is 23.9 Å². The zero-order valence-corrected chi connectivity index (χ0v) is 9.29. The van der Waals surface area contributed by atoms with Crippen molar-refractivity contribution in [1.82, 2.24) is 0 Å². The molecule has 0 aromatic rings. The third kappa shape index (κ3) is 8.92. The van der Waals surface area contributed by atoms with Gasteiger partial charge in [-0.15, -0.1) is 0 Å². The van der Waals surface area contributed by atoms with Gasteiger partial charge in [-0.3, -0.25) is 0 Å². The molecule has 0 aliphatic carbocycles. The Morgan fingerprint density at radius 3 is 2.00 bits per heavy atom. The highest BCUT2D eigenvalue weighted by molar-refractivity contribution is 9.09. The van der Waals surface area contributed by atoms with E-state index in [0.717, 1.165) is 30.3 Å². The van der Waals surface area contributed by atoms with Crippen LogP contribution in [0.25, 0.3) is 0 Å². The number of hydrogen-bond donors (Lipinski definition) is 0. The molecule has 0 bridgehead atoms. The van der Waals surface area contributed by atoms with Crippen LogP contribution in [0.5, 0.6) is 0 Å². The van der Waals surface area contributed by atoms with Crippen LogP contribution in [0, 0.1) is 0 Å². The Bertz CT molecular complexity index is 51.6. The van der Waals surface area contributed by atoms with Gasteiger partial charge < -0.3 is 4.74 Å². The molecule has 0 amide bonds. The van der Waals surface area contributed by atoms with E-state index in [-0.39, 0.29) is 0 Å². The molecule has 0 aliphatic heterocycles. The smallest absolute Gasteiger partial charge is 0.0474 e. The molecular formula is C7H14Br2O. The second-order valence-corrected chi connectivity index (χ2v) is 3.64. The zero-order valence-electron chi connectivity index (χ0n) is 6.11. The number of hydrogen-bond acceptors (Lipinski definition) is 1. The molecule has 0 unspecified atom stereocenters. The number of ether oxygens (including phenoxy) is 1. The molecule has 3 heteroatoms. The van der Waals surface area contributed by atoms with Crippen LogP contribution < -0.4 is 0 Å². The maximum Gasteiger partial charge on any atom is 0.0474 e. The van der Waals surface area contributed by atoms with E-state index in [0.29, 0.717) is 0 Å². The Kier molecular flexibility index (Phi) is 10.8. The maximum atomic E-state index is 5.33. The monoisotopic (exact) mass is 272 g/mol. The number of rotatable bonds is 7. The van der Waals surface area contributed by atoms with Crippen LogP contribution in [-0.4, -0.2) is 23.9 Å². The maximum absolute atomic E-state index is 5.33. The topological polar surface area (TPSA) is 9.23 Å². The minimum absolute atomic E-state index is 0.896. The van der Waals surface area contributed by atoms with Crippen molar-refractivity contribution in [2.24, 2.45) is 0 Å². The van der Waals surface area contributed by atoms with E-state index in [1.54, 1.807) is 0 Å². The number of halogens is 2. The summed E-state index contributed by atoms with van der Waals surface area (Å²) in [6.07, 6.45) is 3.51. The fraction of sp³-hybridized carbons (Fsp3) is 1.00. The first kappa shape index (κ1) is 10.9. The van der Waals surface area contributed by atoms with Gasteiger partial charge in [0.25, 0.3) is 0 Å². The average molecular weight is 274 g/mol. The molecule has 0 aromatic heterocycles. The molecule has 0 N–H and O–H groups in total. The summed E-state index contributed by atoms with van der Waals surface area (Å²) in [5.74, 6) is 0. The van der Waals surface area contributed by atoms with Crippen LogP contribution in [0.3, 0.4) is 0 Å². The van der Waals surface area contributed by atoms with E-state index in [2.05, 4.69) is 31.9 Å². The Hall–Kier alpha value is 0.920. The van der Waals surface area contributed by atoms with E-state index in [1.807, 2.05) is 0 Å². The quantitative estimate of drug-likeness (QED) is 0.512. The highest BCUT2D eigenvalue weighted by atomic mass is 79.9. The SMILES string of the molecule is BrCCCCOCCCBr.